The molecule has 2 aliphatic heterocycles. The molecule has 1 N–H and O–H groups in total. The Morgan fingerprint density at radius 2 is 2.03 bits per heavy atom. The molecular formula is C22H20ClN3O3S2. The fourth-order valence-electron chi connectivity index (χ4n) is 3.95. The van der Waals surface area contributed by atoms with E-state index in [1.807, 2.05) is 42.5 Å². The summed E-state index contributed by atoms with van der Waals surface area (Å²) in [6, 6.07) is 13.4. The number of hydrogen-bond acceptors (Lipinski definition) is 7. The number of halogens is 1. The highest BCUT2D eigenvalue weighted by Crippen LogP contribution is 2.34. The number of carbonyl (C=O) groups excluding carboxylic acids is 2. The summed E-state index contributed by atoms with van der Waals surface area (Å²) in [6.45, 7) is 1.56. The van der Waals surface area contributed by atoms with Crippen molar-refractivity contribution in [2.75, 3.05) is 18.1 Å². The quantitative estimate of drug-likeness (QED) is 0.549. The maximum Gasteiger partial charge on any atom is 0.287 e. The molecule has 2 saturated heterocycles. The minimum absolute atomic E-state index is 0.122. The first kappa shape index (κ1) is 20.6. The summed E-state index contributed by atoms with van der Waals surface area (Å²) in [5.74, 6) is 0.794. The Bertz CT molecular complexity index is 1130. The van der Waals surface area contributed by atoms with Gasteiger partial charge in [-0.2, -0.15) is 0 Å². The maximum atomic E-state index is 11.8. The average Bonchev–Trinajstić information content (AvgIpc) is 3.45. The smallest absolute Gasteiger partial charge is 0.287 e. The van der Waals surface area contributed by atoms with Gasteiger partial charge in [-0.15, -0.1) is 0 Å². The van der Waals surface area contributed by atoms with Crippen molar-refractivity contribution in [3.63, 3.8) is 0 Å². The number of carbonyl (C=O) groups is 2. The molecule has 3 aromatic rings. The molecule has 3 heterocycles. The fourth-order valence-corrected chi connectivity index (χ4v) is 5.96. The minimum Gasteiger partial charge on any atom is -0.491 e. The van der Waals surface area contributed by atoms with Crippen LogP contribution in [0.1, 0.15) is 18.4 Å². The predicted molar refractivity (Wildman–Crippen MR) is 126 cm³/mol. The van der Waals surface area contributed by atoms with Crippen LogP contribution in [0, 0.1) is 0 Å². The van der Waals surface area contributed by atoms with Crippen molar-refractivity contribution in [1.82, 2.24) is 10.3 Å². The van der Waals surface area contributed by atoms with Gasteiger partial charge in [0.05, 0.1) is 16.3 Å². The van der Waals surface area contributed by atoms with Crippen LogP contribution >= 0.6 is 34.7 Å². The molecule has 1 unspecified atom stereocenters. The third kappa shape index (κ3) is 4.51. The van der Waals surface area contributed by atoms with Crippen LogP contribution in [0.2, 0.25) is 5.02 Å². The van der Waals surface area contributed by atoms with Crippen LogP contribution in [0.15, 0.2) is 42.5 Å². The first-order valence-corrected chi connectivity index (χ1v) is 12.1. The standard InChI is InChI=1S/C22H20ClN3O3S2/c23-14-5-8-17-19(11-14)30-21(24-17)26-9-1-2-15(26)12-29-16-6-3-13(4-7-16)10-18-20(27)31-22(28)25-18/h3-8,11,15,18H,1-2,9-10,12H2,(H,25,28)/t15-,18?/m0/s1. The van der Waals surface area contributed by atoms with E-state index < -0.39 is 6.04 Å². The van der Waals surface area contributed by atoms with E-state index in [2.05, 4.69) is 10.2 Å². The SMILES string of the molecule is O=C1NC(Cc2ccc(OC[C@@H]3CCCN3c3nc4ccc(Cl)cc4s3)cc2)C(=O)S1. The number of rotatable bonds is 6. The summed E-state index contributed by atoms with van der Waals surface area (Å²) in [4.78, 5) is 30.2. The van der Waals surface area contributed by atoms with Gasteiger partial charge < -0.3 is 15.0 Å². The number of ether oxygens (including phenoxy) is 1. The van der Waals surface area contributed by atoms with Crippen LogP contribution in [0.25, 0.3) is 10.2 Å². The van der Waals surface area contributed by atoms with Crippen molar-refractivity contribution in [1.29, 1.82) is 0 Å². The van der Waals surface area contributed by atoms with Crippen LogP contribution in [0.3, 0.4) is 0 Å². The van der Waals surface area contributed by atoms with Gasteiger partial charge >= 0.3 is 0 Å². The minimum atomic E-state index is -0.444. The van der Waals surface area contributed by atoms with Gasteiger partial charge in [-0.3, -0.25) is 9.59 Å². The molecule has 1 aromatic heterocycles. The molecule has 9 heteroatoms. The molecule has 0 aliphatic carbocycles. The number of fused-ring (bicyclic) bond motifs is 1. The first-order valence-electron chi connectivity index (χ1n) is 10.1. The summed E-state index contributed by atoms with van der Waals surface area (Å²) >= 11 is 8.53. The van der Waals surface area contributed by atoms with E-state index in [9.17, 15) is 9.59 Å². The summed E-state index contributed by atoms with van der Waals surface area (Å²) < 4.78 is 7.17. The highest BCUT2D eigenvalue weighted by molar-refractivity contribution is 8.26. The number of aromatic nitrogens is 1. The van der Waals surface area contributed by atoms with Crippen molar-refractivity contribution in [2.45, 2.75) is 31.3 Å². The molecule has 0 radical (unpaired) electrons. The molecule has 0 bridgehead atoms. The van der Waals surface area contributed by atoms with E-state index in [-0.39, 0.29) is 16.4 Å². The lowest BCUT2D eigenvalue weighted by molar-refractivity contribution is -0.112. The monoisotopic (exact) mass is 473 g/mol. The molecule has 6 nitrogen and oxygen atoms in total. The lowest BCUT2D eigenvalue weighted by atomic mass is 10.1. The molecule has 31 heavy (non-hydrogen) atoms. The Labute approximate surface area is 192 Å². The zero-order valence-electron chi connectivity index (χ0n) is 16.5. The average molecular weight is 474 g/mol. The number of thiazole rings is 1. The van der Waals surface area contributed by atoms with Crippen molar-refractivity contribution in [3.05, 3.63) is 53.1 Å². The molecule has 0 spiro atoms. The van der Waals surface area contributed by atoms with Crippen LogP contribution in [0.4, 0.5) is 9.93 Å². The number of thioether (sulfide) groups is 1. The van der Waals surface area contributed by atoms with E-state index in [0.717, 1.165) is 62.8 Å². The van der Waals surface area contributed by atoms with Crippen LogP contribution in [-0.2, 0) is 11.2 Å². The lowest BCUT2D eigenvalue weighted by Crippen LogP contribution is -2.34. The van der Waals surface area contributed by atoms with E-state index in [1.165, 1.54) is 0 Å². The highest BCUT2D eigenvalue weighted by atomic mass is 35.5. The largest absolute Gasteiger partial charge is 0.491 e. The molecule has 2 aromatic carbocycles. The predicted octanol–water partition coefficient (Wildman–Crippen LogP) is 4.89. The van der Waals surface area contributed by atoms with Gasteiger partial charge in [0.25, 0.3) is 5.24 Å². The number of nitrogens with zero attached hydrogens (tertiary/aromatic N) is 2. The second-order valence-electron chi connectivity index (χ2n) is 7.66. The number of benzene rings is 2. The molecule has 160 valence electrons. The van der Waals surface area contributed by atoms with Gasteiger partial charge in [-0.1, -0.05) is 35.1 Å². The van der Waals surface area contributed by atoms with Gasteiger partial charge in [0, 0.05) is 29.8 Å². The van der Waals surface area contributed by atoms with Crippen molar-refractivity contribution < 1.29 is 14.3 Å². The maximum absolute atomic E-state index is 11.8. The molecule has 1 amide bonds. The van der Waals surface area contributed by atoms with E-state index in [0.29, 0.717) is 13.0 Å². The second kappa shape index (κ2) is 8.68. The Kier molecular flexibility index (Phi) is 5.77. The fraction of sp³-hybridized carbons (Fsp3) is 0.318. The lowest BCUT2D eigenvalue weighted by Gasteiger charge is -2.24. The summed E-state index contributed by atoms with van der Waals surface area (Å²) in [5, 5.41) is 4.04. The van der Waals surface area contributed by atoms with Crippen molar-refractivity contribution >= 4 is 60.4 Å². The summed E-state index contributed by atoms with van der Waals surface area (Å²) in [5.41, 5.74) is 1.96. The van der Waals surface area contributed by atoms with Gasteiger partial charge in [-0.25, -0.2) is 4.98 Å². The third-order valence-electron chi connectivity index (χ3n) is 5.54. The van der Waals surface area contributed by atoms with Gasteiger partial charge in [0.1, 0.15) is 18.4 Å². The Morgan fingerprint density at radius 1 is 1.19 bits per heavy atom. The Morgan fingerprint density at radius 3 is 2.81 bits per heavy atom. The molecule has 0 saturated carbocycles. The molecular weight excluding hydrogens is 454 g/mol. The summed E-state index contributed by atoms with van der Waals surface area (Å²) in [7, 11) is 0. The van der Waals surface area contributed by atoms with Crippen LogP contribution in [0.5, 0.6) is 5.75 Å². The van der Waals surface area contributed by atoms with Crippen molar-refractivity contribution in [2.24, 2.45) is 0 Å². The number of nitrogens with one attached hydrogen (secondary N) is 1. The Hall–Kier alpha value is -2.29. The van der Waals surface area contributed by atoms with E-state index in [4.69, 9.17) is 21.3 Å². The number of amides is 1. The van der Waals surface area contributed by atoms with Gasteiger partial charge in [0.15, 0.2) is 5.13 Å². The van der Waals surface area contributed by atoms with Crippen LogP contribution < -0.4 is 15.0 Å². The molecule has 2 aliphatic rings. The molecule has 2 fully saturated rings. The van der Waals surface area contributed by atoms with Crippen molar-refractivity contribution in [3.8, 4) is 5.75 Å². The van der Waals surface area contributed by atoms with Gasteiger partial charge in [-0.05, 0) is 48.7 Å². The number of hydrogen-bond donors (Lipinski definition) is 1. The molecule has 5 rings (SSSR count). The second-order valence-corrected chi connectivity index (χ2v) is 10.1. The highest BCUT2D eigenvalue weighted by Gasteiger charge is 2.31. The van der Waals surface area contributed by atoms with Gasteiger partial charge in [0.2, 0.25) is 5.12 Å². The zero-order chi connectivity index (χ0) is 21.4. The van der Waals surface area contributed by atoms with E-state index >= 15 is 0 Å². The Balaban J connectivity index is 1.20. The third-order valence-corrected chi connectivity index (χ3v) is 7.62. The van der Waals surface area contributed by atoms with E-state index in [1.54, 1.807) is 11.3 Å². The number of anilines is 1. The normalized spacial score (nSPS) is 21.1. The topological polar surface area (TPSA) is 71.5 Å². The summed E-state index contributed by atoms with van der Waals surface area (Å²) in [6.07, 6.45) is 2.68. The zero-order valence-corrected chi connectivity index (χ0v) is 18.9. The van der Waals surface area contributed by atoms with Crippen LogP contribution in [-0.4, -0.2) is 40.6 Å². The first-order chi connectivity index (χ1) is 15.0. The molecule has 2 atom stereocenters.